The number of rotatable bonds is 6. The lowest BCUT2D eigenvalue weighted by molar-refractivity contribution is -0.115. The molecule has 1 fully saturated rings. The summed E-state index contributed by atoms with van der Waals surface area (Å²) in [5.74, 6) is 0.986. The molecule has 0 aromatic heterocycles. The van der Waals surface area contributed by atoms with Gasteiger partial charge in [0.25, 0.3) is 5.91 Å². The molecule has 0 aliphatic carbocycles. The van der Waals surface area contributed by atoms with Crippen LogP contribution < -0.4 is 14.8 Å². The van der Waals surface area contributed by atoms with Crippen molar-refractivity contribution in [3.8, 4) is 11.5 Å². The predicted octanol–water partition coefficient (Wildman–Crippen LogP) is 5.82. The van der Waals surface area contributed by atoms with Crippen LogP contribution in [0.5, 0.6) is 11.5 Å². The fraction of sp³-hybridized carbons (Fsp3) is 0.0833. The van der Waals surface area contributed by atoms with Gasteiger partial charge in [0.2, 0.25) is 0 Å². The topological polar surface area (TPSA) is 59.9 Å². The average molecular weight is 451 g/mol. The minimum atomic E-state index is -0.183. The number of halogens is 1. The lowest BCUT2D eigenvalue weighted by Gasteiger charge is -2.12. The molecule has 3 aromatic rings. The Morgan fingerprint density at radius 2 is 1.81 bits per heavy atom. The van der Waals surface area contributed by atoms with Crippen molar-refractivity contribution in [1.82, 2.24) is 5.32 Å². The third kappa shape index (κ3) is 5.29. The molecule has 0 spiro atoms. The number of para-hydroxylation sites is 1. The van der Waals surface area contributed by atoms with E-state index in [1.807, 2.05) is 72.8 Å². The van der Waals surface area contributed by atoms with E-state index in [1.54, 1.807) is 13.2 Å². The first-order chi connectivity index (χ1) is 15.1. The molecule has 1 aliphatic heterocycles. The first kappa shape index (κ1) is 21.0. The number of nitrogens with zero attached hydrogens (tertiary/aromatic N) is 1. The van der Waals surface area contributed by atoms with Gasteiger partial charge in [-0.1, -0.05) is 54.1 Å². The molecule has 4 rings (SSSR count). The number of methoxy groups -OCH3 is 1. The maximum absolute atomic E-state index is 12.3. The highest BCUT2D eigenvalue weighted by Crippen LogP contribution is 2.33. The molecule has 1 saturated heterocycles. The highest BCUT2D eigenvalue weighted by atomic mass is 35.5. The molecule has 1 heterocycles. The van der Waals surface area contributed by atoms with Crippen LogP contribution in [-0.4, -0.2) is 18.2 Å². The number of ether oxygens (including phenoxy) is 2. The van der Waals surface area contributed by atoms with Crippen molar-refractivity contribution >= 4 is 46.2 Å². The van der Waals surface area contributed by atoms with Crippen LogP contribution in [-0.2, 0) is 11.4 Å². The van der Waals surface area contributed by atoms with Crippen LogP contribution in [0, 0.1) is 0 Å². The van der Waals surface area contributed by atoms with Crippen molar-refractivity contribution in [2.75, 3.05) is 7.11 Å². The third-order valence-electron chi connectivity index (χ3n) is 4.46. The fourth-order valence-electron chi connectivity index (χ4n) is 2.92. The summed E-state index contributed by atoms with van der Waals surface area (Å²) < 4.78 is 11.4. The number of thioether (sulfide) groups is 1. The summed E-state index contributed by atoms with van der Waals surface area (Å²) in [5, 5.41) is 4.00. The Morgan fingerprint density at radius 3 is 2.58 bits per heavy atom. The van der Waals surface area contributed by atoms with Crippen molar-refractivity contribution < 1.29 is 14.3 Å². The minimum absolute atomic E-state index is 0.183. The molecular formula is C24H19ClN2O3S. The number of amides is 1. The first-order valence-electron chi connectivity index (χ1n) is 9.51. The molecule has 5 nitrogen and oxygen atoms in total. The number of hydrogen-bond donors (Lipinski definition) is 1. The van der Waals surface area contributed by atoms with Gasteiger partial charge in [-0.25, -0.2) is 4.99 Å². The van der Waals surface area contributed by atoms with E-state index in [0.29, 0.717) is 33.2 Å². The molecule has 0 saturated carbocycles. The van der Waals surface area contributed by atoms with Gasteiger partial charge in [0.1, 0.15) is 6.61 Å². The van der Waals surface area contributed by atoms with Gasteiger partial charge in [-0.2, -0.15) is 0 Å². The number of carbonyl (C=O) groups is 1. The predicted molar refractivity (Wildman–Crippen MR) is 126 cm³/mol. The number of nitrogens with one attached hydrogen (secondary N) is 1. The number of benzene rings is 3. The highest BCUT2D eigenvalue weighted by Gasteiger charge is 2.24. The van der Waals surface area contributed by atoms with Crippen LogP contribution in [0.15, 0.2) is 82.7 Å². The van der Waals surface area contributed by atoms with Crippen LogP contribution in [0.25, 0.3) is 6.08 Å². The summed E-state index contributed by atoms with van der Waals surface area (Å²) >= 11 is 7.49. The van der Waals surface area contributed by atoms with Gasteiger partial charge in [-0.15, -0.1) is 0 Å². The zero-order valence-corrected chi connectivity index (χ0v) is 18.2. The normalized spacial score (nSPS) is 15.9. The van der Waals surface area contributed by atoms with E-state index in [4.69, 9.17) is 21.1 Å². The van der Waals surface area contributed by atoms with E-state index >= 15 is 0 Å². The Bertz CT molecular complexity index is 1160. The molecule has 0 radical (unpaired) electrons. The quantitative estimate of drug-likeness (QED) is 0.481. The molecule has 1 aliphatic rings. The summed E-state index contributed by atoms with van der Waals surface area (Å²) in [6.45, 7) is 0.327. The van der Waals surface area contributed by atoms with Gasteiger partial charge in [0.15, 0.2) is 16.7 Å². The molecule has 156 valence electrons. The molecule has 31 heavy (non-hydrogen) atoms. The van der Waals surface area contributed by atoms with E-state index in [0.717, 1.165) is 16.8 Å². The Balaban J connectivity index is 1.50. The minimum Gasteiger partial charge on any atom is -0.493 e. The maximum Gasteiger partial charge on any atom is 0.264 e. The van der Waals surface area contributed by atoms with Crippen molar-refractivity contribution in [1.29, 1.82) is 0 Å². The average Bonchev–Trinajstić information content (AvgIpc) is 3.12. The Hall–Kier alpha value is -3.22. The summed E-state index contributed by atoms with van der Waals surface area (Å²) in [4.78, 5) is 17.4. The monoisotopic (exact) mass is 450 g/mol. The highest BCUT2D eigenvalue weighted by molar-refractivity contribution is 8.18. The number of aliphatic imine (C=N–C) groups is 1. The van der Waals surface area contributed by atoms with E-state index < -0.39 is 0 Å². The van der Waals surface area contributed by atoms with Crippen molar-refractivity contribution in [3.63, 3.8) is 0 Å². The van der Waals surface area contributed by atoms with E-state index in [9.17, 15) is 4.79 Å². The Kier molecular flexibility index (Phi) is 6.60. The molecular weight excluding hydrogens is 432 g/mol. The second kappa shape index (κ2) is 9.73. The fourth-order valence-corrected chi connectivity index (χ4v) is 3.95. The molecule has 1 N–H and O–H groups in total. The number of amidine groups is 1. The number of carbonyl (C=O) groups excluding carboxylic acids is 1. The molecule has 1 amide bonds. The van der Waals surface area contributed by atoms with Crippen molar-refractivity contribution in [2.24, 2.45) is 4.99 Å². The first-order valence-corrected chi connectivity index (χ1v) is 10.7. The largest absolute Gasteiger partial charge is 0.493 e. The van der Waals surface area contributed by atoms with Crippen LogP contribution >= 0.6 is 23.4 Å². The summed E-state index contributed by atoms with van der Waals surface area (Å²) in [6.07, 6.45) is 1.80. The van der Waals surface area contributed by atoms with Gasteiger partial charge < -0.3 is 14.8 Å². The van der Waals surface area contributed by atoms with Crippen molar-refractivity contribution in [2.45, 2.75) is 6.61 Å². The Morgan fingerprint density at radius 1 is 1.03 bits per heavy atom. The standard InChI is InChI=1S/C24H19ClN2O3S/c1-29-21-13-16(11-12-20(21)30-15-17-7-5-6-10-19(17)25)14-22-23(28)27-24(31-22)26-18-8-3-2-4-9-18/h2-14H,15H2,1H3,(H,26,27,28)/b22-14-. The Labute approximate surface area is 189 Å². The van der Waals surface area contributed by atoms with Crippen LogP contribution in [0.2, 0.25) is 5.02 Å². The smallest absolute Gasteiger partial charge is 0.264 e. The maximum atomic E-state index is 12.3. The van der Waals surface area contributed by atoms with E-state index in [-0.39, 0.29) is 5.91 Å². The zero-order chi connectivity index (χ0) is 21.6. The molecule has 0 atom stereocenters. The molecule has 0 bridgehead atoms. The van der Waals surface area contributed by atoms with Crippen molar-refractivity contribution in [3.05, 3.63) is 93.9 Å². The zero-order valence-electron chi connectivity index (χ0n) is 16.7. The van der Waals surface area contributed by atoms with Gasteiger partial charge >= 0.3 is 0 Å². The second-order valence-corrected chi connectivity index (χ2v) is 8.05. The van der Waals surface area contributed by atoms with Crippen LogP contribution in [0.1, 0.15) is 11.1 Å². The van der Waals surface area contributed by atoms with Gasteiger partial charge in [-0.05, 0) is 53.7 Å². The second-order valence-electron chi connectivity index (χ2n) is 6.61. The van der Waals surface area contributed by atoms with Gasteiger partial charge in [0, 0.05) is 10.6 Å². The lowest BCUT2D eigenvalue weighted by Crippen LogP contribution is -2.19. The molecule has 0 unspecified atom stereocenters. The molecule has 7 heteroatoms. The van der Waals surface area contributed by atoms with Gasteiger partial charge in [-0.3, -0.25) is 4.79 Å². The summed E-state index contributed by atoms with van der Waals surface area (Å²) in [6, 6.07) is 22.5. The van der Waals surface area contributed by atoms with E-state index in [2.05, 4.69) is 10.3 Å². The SMILES string of the molecule is COc1cc(/C=C2\SC(=Nc3ccccc3)NC2=O)ccc1OCc1ccccc1Cl. The summed E-state index contributed by atoms with van der Waals surface area (Å²) in [7, 11) is 1.58. The number of hydrogen-bond acceptors (Lipinski definition) is 5. The lowest BCUT2D eigenvalue weighted by atomic mass is 10.2. The van der Waals surface area contributed by atoms with Gasteiger partial charge in [0.05, 0.1) is 17.7 Å². The third-order valence-corrected chi connectivity index (χ3v) is 5.74. The van der Waals surface area contributed by atoms with Crippen LogP contribution in [0.3, 0.4) is 0 Å². The molecule has 3 aromatic carbocycles. The van der Waals surface area contributed by atoms with Crippen LogP contribution in [0.4, 0.5) is 5.69 Å². The summed E-state index contributed by atoms with van der Waals surface area (Å²) in [5.41, 5.74) is 2.50. The van der Waals surface area contributed by atoms with E-state index in [1.165, 1.54) is 11.8 Å².